The molecule has 1 aromatic carbocycles. The highest BCUT2D eigenvalue weighted by atomic mass is 32.1. The number of benzene rings is 1. The van der Waals surface area contributed by atoms with Crippen molar-refractivity contribution in [3.8, 4) is 11.1 Å². The van der Waals surface area contributed by atoms with E-state index in [2.05, 4.69) is 21.1 Å². The van der Waals surface area contributed by atoms with Gasteiger partial charge in [-0.2, -0.15) is 0 Å². The SMILES string of the molecule is CNC(=O)c1cccc(-c2csc(NC(=O)Nc3cc(C(C)(C)C)on3)c2)c1. The molecule has 28 heavy (non-hydrogen) atoms. The first-order chi connectivity index (χ1) is 13.3. The van der Waals surface area contributed by atoms with Crippen molar-refractivity contribution in [3.63, 3.8) is 0 Å². The quantitative estimate of drug-likeness (QED) is 0.593. The number of carbonyl (C=O) groups is 2. The molecule has 0 radical (unpaired) electrons. The van der Waals surface area contributed by atoms with Crippen LogP contribution >= 0.6 is 11.3 Å². The molecule has 2 aromatic heterocycles. The normalized spacial score (nSPS) is 11.1. The molecule has 3 amide bonds. The summed E-state index contributed by atoms with van der Waals surface area (Å²) in [4.78, 5) is 24.0. The second-order valence-electron chi connectivity index (χ2n) is 7.27. The Balaban J connectivity index is 1.67. The molecule has 0 spiro atoms. The van der Waals surface area contributed by atoms with Crippen LogP contribution in [0.1, 0.15) is 36.9 Å². The number of thiophene rings is 1. The second kappa shape index (κ2) is 7.85. The zero-order chi connectivity index (χ0) is 20.3. The molecular formula is C20H22N4O3S. The van der Waals surface area contributed by atoms with Crippen LogP contribution in [0.15, 0.2) is 46.3 Å². The topological polar surface area (TPSA) is 96.3 Å². The van der Waals surface area contributed by atoms with Crippen LogP contribution in [0.5, 0.6) is 0 Å². The Morgan fingerprint density at radius 3 is 2.54 bits per heavy atom. The van der Waals surface area contributed by atoms with Gasteiger partial charge in [-0.1, -0.05) is 38.1 Å². The lowest BCUT2D eigenvalue weighted by Crippen LogP contribution is -2.19. The number of nitrogens with zero attached hydrogens (tertiary/aromatic N) is 1. The van der Waals surface area contributed by atoms with E-state index >= 15 is 0 Å². The van der Waals surface area contributed by atoms with Crippen LogP contribution in [0, 0.1) is 0 Å². The highest BCUT2D eigenvalue weighted by Gasteiger charge is 2.20. The zero-order valence-corrected chi connectivity index (χ0v) is 16.9. The minimum Gasteiger partial charge on any atom is -0.359 e. The number of aromatic nitrogens is 1. The fourth-order valence-electron chi connectivity index (χ4n) is 2.48. The van der Waals surface area contributed by atoms with E-state index in [0.29, 0.717) is 22.1 Å². The summed E-state index contributed by atoms with van der Waals surface area (Å²) in [6, 6.07) is 10.5. The number of hydrogen-bond acceptors (Lipinski definition) is 5. The molecule has 0 aliphatic carbocycles. The van der Waals surface area contributed by atoms with Gasteiger partial charge >= 0.3 is 6.03 Å². The van der Waals surface area contributed by atoms with Crippen LogP contribution in [-0.2, 0) is 5.41 Å². The third-order valence-corrected chi connectivity index (χ3v) is 4.86. The summed E-state index contributed by atoms with van der Waals surface area (Å²) in [5.41, 5.74) is 2.22. The van der Waals surface area contributed by atoms with Crippen molar-refractivity contribution >= 4 is 34.1 Å². The van der Waals surface area contributed by atoms with Gasteiger partial charge in [0.05, 0.1) is 5.00 Å². The van der Waals surface area contributed by atoms with Crippen LogP contribution in [0.2, 0.25) is 0 Å². The molecule has 0 saturated carbocycles. The predicted molar refractivity (Wildman–Crippen MR) is 111 cm³/mol. The van der Waals surface area contributed by atoms with Crippen LogP contribution in [0.4, 0.5) is 15.6 Å². The van der Waals surface area contributed by atoms with Crippen LogP contribution in [0.3, 0.4) is 0 Å². The van der Waals surface area contributed by atoms with Crippen molar-refractivity contribution in [3.05, 3.63) is 53.1 Å². The maximum absolute atomic E-state index is 12.2. The van der Waals surface area contributed by atoms with Crippen LogP contribution in [-0.4, -0.2) is 24.1 Å². The summed E-state index contributed by atoms with van der Waals surface area (Å²) in [7, 11) is 1.60. The minimum absolute atomic E-state index is 0.142. The molecule has 3 aromatic rings. The molecule has 0 aliphatic heterocycles. The van der Waals surface area contributed by atoms with E-state index < -0.39 is 6.03 Å². The molecule has 0 bridgehead atoms. The Bertz CT molecular complexity index is 1000. The zero-order valence-electron chi connectivity index (χ0n) is 16.1. The molecule has 2 heterocycles. The van der Waals surface area contributed by atoms with Crippen molar-refractivity contribution in [1.82, 2.24) is 10.5 Å². The lowest BCUT2D eigenvalue weighted by Gasteiger charge is -2.12. The minimum atomic E-state index is -0.402. The fraction of sp³-hybridized carbons (Fsp3) is 0.250. The molecule has 3 rings (SSSR count). The number of urea groups is 1. The van der Waals surface area contributed by atoms with Gasteiger partial charge in [-0.3, -0.25) is 15.4 Å². The Morgan fingerprint density at radius 2 is 1.86 bits per heavy atom. The summed E-state index contributed by atoms with van der Waals surface area (Å²) in [5.74, 6) is 0.909. The van der Waals surface area contributed by atoms with Gasteiger partial charge in [0.25, 0.3) is 5.91 Å². The molecule has 3 N–H and O–H groups in total. The molecule has 0 atom stereocenters. The number of carbonyl (C=O) groups excluding carboxylic acids is 2. The summed E-state index contributed by atoms with van der Waals surface area (Å²) in [5, 5.41) is 14.5. The lowest BCUT2D eigenvalue weighted by atomic mass is 9.93. The van der Waals surface area contributed by atoms with Crippen molar-refractivity contribution < 1.29 is 14.1 Å². The molecule has 146 valence electrons. The molecule has 0 aliphatic rings. The Morgan fingerprint density at radius 1 is 1.07 bits per heavy atom. The molecule has 7 nitrogen and oxygen atoms in total. The Labute approximate surface area is 167 Å². The smallest absolute Gasteiger partial charge is 0.325 e. The third kappa shape index (κ3) is 4.58. The standard InChI is InChI=1S/C20H22N4O3S/c1-20(2,3)15-10-16(24-27-15)22-19(26)23-17-9-14(11-28-17)12-6-5-7-13(8-12)18(25)21-4/h5-11H,1-4H3,(H,21,25)(H2,22,23,24,26). The van der Waals surface area contributed by atoms with E-state index in [1.54, 1.807) is 19.2 Å². The Hall–Kier alpha value is -3.13. The molecule has 0 saturated heterocycles. The first kappa shape index (κ1) is 19.6. The van der Waals surface area contributed by atoms with E-state index in [0.717, 1.165) is 11.1 Å². The number of anilines is 2. The summed E-state index contributed by atoms with van der Waals surface area (Å²) < 4.78 is 5.26. The monoisotopic (exact) mass is 398 g/mol. The molecule has 0 fully saturated rings. The van der Waals surface area contributed by atoms with Crippen LogP contribution < -0.4 is 16.0 Å². The Kier molecular flexibility index (Phi) is 5.51. The summed E-state index contributed by atoms with van der Waals surface area (Å²) in [6.07, 6.45) is 0. The molecule has 8 heteroatoms. The number of hydrogen-bond donors (Lipinski definition) is 3. The van der Waals surface area contributed by atoms with Crippen molar-refractivity contribution in [2.75, 3.05) is 17.7 Å². The summed E-state index contributed by atoms with van der Waals surface area (Å²) >= 11 is 1.40. The third-order valence-electron chi connectivity index (χ3n) is 4.01. The van der Waals surface area contributed by atoms with Gasteiger partial charge < -0.3 is 9.84 Å². The maximum atomic E-state index is 12.2. The van der Waals surface area contributed by atoms with Crippen molar-refractivity contribution in [2.24, 2.45) is 0 Å². The van der Waals surface area contributed by atoms with E-state index in [9.17, 15) is 9.59 Å². The van der Waals surface area contributed by atoms with E-state index in [1.807, 2.05) is 50.4 Å². The fourth-order valence-corrected chi connectivity index (χ4v) is 3.29. The van der Waals surface area contributed by atoms with Gasteiger partial charge in [-0.25, -0.2) is 4.79 Å². The van der Waals surface area contributed by atoms with E-state index in [4.69, 9.17) is 4.52 Å². The van der Waals surface area contributed by atoms with Gasteiger partial charge in [-0.15, -0.1) is 11.3 Å². The number of amides is 3. The lowest BCUT2D eigenvalue weighted by molar-refractivity contribution is 0.0963. The van der Waals surface area contributed by atoms with Crippen molar-refractivity contribution in [2.45, 2.75) is 26.2 Å². The predicted octanol–water partition coefficient (Wildman–Crippen LogP) is 4.70. The molecule has 0 unspecified atom stereocenters. The van der Waals surface area contributed by atoms with E-state index in [1.165, 1.54) is 11.3 Å². The van der Waals surface area contributed by atoms with Gasteiger partial charge in [0.2, 0.25) is 0 Å². The molecular weight excluding hydrogens is 376 g/mol. The average Bonchev–Trinajstić information content (AvgIpc) is 3.30. The number of nitrogens with one attached hydrogen (secondary N) is 3. The highest BCUT2D eigenvalue weighted by molar-refractivity contribution is 7.14. The first-order valence-corrected chi connectivity index (χ1v) is 9.60. The first-order valence-electron chi connectivity index (χ1n) is 8.72. The van der Waals surface area contributed by atoms with Crippen LogP contribution in [0.25, 0.3) is 11.1 Å². The largest absolute Gasteiger partial charge is 0.359 e. The van der Waals surface area contributed by atoms with Gasteiger partial charge in [0.1, 0.15) is 5.76 Å². The maximum Gasteiger partial charge on any atom is 0.325 e. The summed E-state index contributed by atoms with van der Waals surface area (Å²) in [6.45, 7) is 6.01. The average molecular weight is 398 g/mol. The van der Waals surface area contributed by atoms with Gasteiger partial charge in [0.15, 0.2) is 5.82 Å². The van der Waals surface area contributed by atoms with Crippen molar-refractivity contribution in [1.29, 1.82) is 0 Å². The van der Waals surface area contributed by atoms with Gasteiger partial charge in [-0.05, 0) is 29.3 Å². The highest BCUT2D eigenvalue weighted by Crippen LogP contribution is 2.30. The van der Waals surface area contributed by atoms with Gasteiger partial charge in [0, 0.05) is 29.5 Å². The number of rotatable bonds is 4. The second-order valence-corrected chi connectivity index (χ2v) is 8.18. The van der Waals surface area contributed by atoms with E-state index in [-0.39, 0.29) is 11.3 Å².